The number of pyridine rings is 1. The molecule has 0 aliphatic rings. The normalized spacial score (nSPS) is 13.3. The maximum atomic E-state index is 11.5. The van der Waals surface area contributed by atoms with Crippen molar-refractivity contribution in [2.24, 2.45) is 0 Å². The third kappa shape index (κ3) is 5.77. The fourth-order valence-electron chi connectivity index (χ4n) is 1.96. The van der Waals surface area contributed by atoms with Crippen molar-refractivity contribution in [3.8, 4) is 0 Å². The fourth-order valence-corrected chi connectivity index (χ4v) is 3.11. The maximum Gasteiger partial charge on any atom is 0.150 e. The zero-order valence-electron chi connectivity index (χ0n) is 12.1. The number of aromatic nitrogens is 1. The highest BCUT2D eigenvalue weighted by Gasteiger charge is 2.16. The van der Waals surface area contributed by atoms with Crippen LogP contribution < -0.4 is 5.32 Å². The van der Waals surface area contributed by atoms with E-state index in [0.29, 0.717) is 11.4 Å². The largest absolute Gasteiger partial charge is 0.309 e. The Balaban J connectivity index is 2.68. The Morgan fingerprint density at radius 1 is 1.40 bits per heavy atom. The summed E-state index contributed by atoms with van der Waals surface area (Å²) in [7, 11) is -2.91. The maximum absolute atomic E-state index is 11.5. The smallest absolute Gasteiger partial charge is 0.150 e. The molecule has 0 amide bonds. The van der Waals surface area contributed by atoms with E-state index in [1.54, 1.807) is 19.2 Å². The van der Waals surface area contributed by atoms with Crippen molar-refractivity contribution in [3.63, 3.8) is 0 Å². The lowest BCUT2D eigenvalue weighted by atomic mass is 10.1. The number of hydrogen-bond donors (Lipinski definition) is 1. The summed E-state index contributed by atoms with van der Waals surface area (Å²) >= 11 is 6.17. The summed E-state index contributed by atoms with van der Waals surface area (Å²) in [5.74, 6) is 0.419. The molecule has 0 bridgehead atoms. The van der Waals surface area contributed by atoms with Crippen molar-refractivity contribution in [2.75, 3.05) is 18.1 Å². The zero-order valence-corrected chi connectivity index (χ0v) is 13.7. The van der Waals surface area contributed by atoms with Gasteiger partial charge in [0.2, 0.25) is 0 Å². The van der Waals surface area contributed by atoms with Gasteiger partial charge in [0.25, 0.3) is 0 Å². The molecule has 114 valence electrons. The van der Waals surface area contributed by atoms with Crippen LogP contribution in [0.5, 0.6) is 0 Å². The van der Waals surface area contributed by atoms with Crippen LogP contribution in [0.4, 0.5) is 0 Å². The molecule has 0 aliphatic heterocycles. The highest BCUT2D eigenvalue weighted by atomic mass is 35.5. The molecule has 20 heavy (non-hydrogen) atoms. The molecule has 1 N–H and O–H groups in total. The first kappa shape index (κ1) is 17.4. The van der Waals surface area contributed by atoms with Crippen LogP contribution in [-0.4, -0.2) is 31.5 Å². The van der Waals surface area contributed by atoms with E-state index in [-0.39, 0.29) is 17.5 Å². The Bertz CT molecular complexity index is 506. The first-order chi connectivity index (χ1) is 9.50. The number of rotatable bonds is 9. The van der Waals surface area contributed by atoms with E-state index >= 15 is 0 Å². The van der Waals surface area contributed by atoms with Crippen LogP contribution in [0.25, 0.3) is 0 Å². The van der Waals surface area contributed by atoms with Crippen molar-refractivity contribution < 1.29 is 8.42 Å². The van der Waals surface area contributed by atoms with Crippen LogP contribution in [-0.2, 0) is 9.84 Å². The molecular formula is C14H23ClN2O2S. The minimum absolute atomic E-state index is 0.00991. The van der Waals surface area contributed by atoms with E-state index < -0.39 is 9.84 Å². The molecule has 0 aliphatic carbocycles. The van der Waals surface area contributed by atoms with Gasteiger partial charge in [-0.25, -0.2) is 8.42 Å². The van der Waals surface area contributed by atoms with E-state index in [2.05, 4.69) is 17.2 Å². The van der Waals surface area contributed by atoms with E-state index in [0.717, 1.165) is 25.1 Å². The number of nitrogens with one attached hydrogen (secondary N) is 1. The lowest BCUT2D eigenvalue weighted by Crippen LogP contribution is -2.24. The summed E-state index contributed by atoms with van der Waals surface area (Å²) < 4.78 is 23.1. The van der Waals surface area contributed by atoms with Crippen LogP contribution in [0.3, 0.4) is 0 Å². The van der Waals surface area contributed by atoms with Gasteiger partial charge in [0.05, 0.1) is 22.5 Å². The Hall–Kier alpha value is -0.650. The molecule has 1 aromatic rings. The second-order valence-corrected chi connectivity index (χ2v) is 7.64. The minimum atomic E-state index is -2.91. The summed E-state index contributed by atoms with van der Waals surface area (Å²) in [5.41, 5.74) is 0.802. The summed E-state index contributed by atoms with van der Waals surface area (Å²) in [6.45, 7) is 4.63. The topological polar surface area (TPSA) is 59.1 Å². The summed E-state index contributed by atoms with van der Waals surface area (Å²) in [5, 5.41) is 4.01. The molecule has 0 fully saturated rings. The van der Waals surface area contributed by atoms with E-state index in [4.69, 9.17) is 11.6 Å². The van der Waals surface area contributed by atoms with Gasteiger partial charge in [0.15, 0.2) is 0 Å². The average Bonchev–Trinajstić information content (AvgIpc) is 2.43. The zero-order chi connectivity index (χ0) is 15.0. The van der Waals surface area contributed by atoms with Gasteiger partial charge in [0.1, 0.15) is 9.84 Å². The molecule has 1 unspecified atom stereocenters. The van der Waals surface area contributed by atoms with Gasteiger partial charge in [0, 0.05) is 11.9 Å². The van der Waals surface area contributed by atoms with Crippen molar-refractivity contribution >= 4 is 21.4 Å². The lowest BCUT2D eigenvalue weighted by Gasteiger charge is -2.19. The van der Waals surface area contributed by atoms with Crippen LogP contribution in [0, 0.1) is 0 Å². The average molecular weight is 319 g/mol. The molecule has 1 rings (SSSR count). The molecule has 1 aromatic heterocycles. The summed E-state index contributed by atoms with van der Waals surface area (Å²) in [4.78, 5) is 4.32. The minimum Gasteiger partial charge on any atom is -0.309 e. The van der Waals surface area contributed by atoms with Crippen molar-refractivity contribution in [3.05, 3.63) is 29.0 Å². The number of halogens is 1. The van der Waals surface area contributed by atoms with E-state index in [9.17, 15) is 8.42 Å². The van der Waals surface area contributed by atoms with Gasteiger partial charge in [-0.1, -0.05) is 25.4 Å². The molecule has 0 spiro atoms. The van der Waals surface area contributed by atoms with Gasteiger partial charge in [-0.3, -0.25) is 4.98 Å². The van der Waals surface area contributed by atoms with Crippen LogP contribution in [0.1, 0.15) is 44.8 Å². The molecule has 1 atom stereocenters. The standard InChI is InChI=1S/C14H23ClN2O2S/c1-3-9-16-13(8-6-11-20(18,19)4-2)14-12(15)7-5-10-17-14/h5,7,10,13,16H,3-4,6,8-9,11H2,1-2H3. The van der Waals surface area contributed by atoms with Crippen LogP contribution >= 0.6 is 11.6 Å². The quantitative estimate of drug-likeness (QED) is 0.760. The van der Waals surface area contributed by atoms with Crippen LogP contribution in [0.15, 0.2) is 18.3 Å². The lowest BCUT2D eigenvalue weighted by molar-refractivity contribution is 0.482. The molecule has 6 heteroatoms. The summed E-state index contributed by atoms with van der Waals surface area (Å²) in [6.07, 6.45) is 4.05. The Morgan fingerprint density at radius 2 is 2.15 bits per heavy atom. The van der Waals surface area contributed by atoms with Gasteiger partial charge in [-0.15, -0.1) is 0 Å². The first-order valence-electron chi connectivity index (χ1n) is 7.04. The second kappa shape index (κ2) is 8.60. The summed E-state index contributed by atoms with van der Waals surface area (Å²) in [6, 6.07) is 3.62. The van der Waals surface area contributed by atoms with Gasteiger partial charge < -0.3 is 5.32 Å². The van der Waals surface area contributed by atoms with Gasteiger partial charge in [-0.05, 0) is 37.9 Å². The Kier molecular flexibility index (Phi) is 7.48. The van der Waals surface area contributed by atoms with Gasteiger partial charge >= 0.3 is 0 Å². The highest BCUT2D eigenvalue weighted by Crippen LogP contribution is 2.24. The molecule has 0 radical (unpaired) electrons. The SMILES string of the molecule is CCCNC(CCCS(=O)(=O)CC)c1ncccc1Cl. The monoisotopic (exact) mass is 318 g/mol. The van der Waals surface area contributed by atoms with Crippen molar-refractivity contribution in [1.29, 1.82) is 0 Å². The molecule has 1 heterocycles. The predicted molar refractivity (Wildman–Crippen MR) is 83.8 cm³/mol. The third-order valence-electron chi connectivity index (χ3n) is 3.15. The molecule has 0 saturated carbocycles. The molecule has 0 aromatic carbocycles. The number of nitrogens with zero attached hydrogens (tertiary/aromatic N) is 1. The van der Waals surface area contributed by atoms with Crippen molar-refractivity contribution in [1.82, 2.24) is 10.3 Å². The molecule has 0 saturated heterocycles. The Morgan fingerprint density at radius 3 is 2.75 bits per heavy atom. The number of sulfone groups is 1. The molecule has 4 nitrogen and oxygen atoms in total. The Labute approximate surface area is 126 Å². The first-order valence-corrected chi connectivity index (χ1v) is 9.24. The number of hydrogen-bond acceptors (Lipinski definition) is 4. The fraction of sp³-hybridized carbons (Fsp3) is 0.643. The predicted octanol–water partition coefficient (Wildman–Crippen LogP) is 2.99. The second-order valence-electron chi connectivity index (χ2n) is 4.76. The molecular weight excluding hydrogens is 296 g/mol. The van der Waals surface area contributed by atoms with Crippen LogP contribution in [0.2, 0.25) is 5.02 Å². The van der Waals surface area contributed by atoms with Crippen molar-refractivity contribution in [2.45, 2.75) is 39.2 Å². The van der Waals surface area contributed by atoms with E-state index in [1.165, 1.54) is 0 Å². The van der Waals surface area contributed by atoms with E-state index in [1.807, 2.05) is 6.07 Å². The van der Waals surface area contributed by atoms with Gasteiger partial charge in [-0.2, -0.15) is 0 Å². The highest BCUT2D eigenvalue weighted by molar-refractivity contribution is 7.91. The third-order valence-corrected chi connectivity index (χ3v) is 5.26.